The Morgan fingerprint density at radius 1 is 1.31 bits per heavy atom. The highest BCUT2D eigenvalue weighted by atomic mass is 16.2. The first kappa shape index (κ1) is 18.0. The number of carbonyl (C=O) groups excluding carboxylic acids is 2. The van der Waals surface area contributed by atoms with Crippen molar-refractivity contribution in [2.75, 3.05) is 20.1 Å². The molecule has 0 aliphatic carbocycles. The summed E-state index contributed by atoms with van der Waals surface area (Å²) in [4.78, 5) is 28.3. The third-order valence-electron chi connectivity index (χ3n) is 4.70. The average Bonchev–Trinajstić information content (AvgIpc) is 3.28. The Morgan fingerprint density at radius 2 is 2.08 bits per heavy atom. The SMILES string of the molecule is CN(Cc1ccccc1)C(=O)CNC(=O)N1CCCC1c1cnn(C)c1. The number of aryl methyl sites for hydroxylation is 1. The molecule has 1 unspecified atom stereocenters. The molecule has 1 atom stereocenters. The average molecular weight is 355 g/mol. The minimum Gasteiger partial charge on any atom is -0.340 e. The number of benzene rings is 1. The molecule has 138 valence electrons. The number of urea groups is 1. The highest BCUT2D eigenvalue weighted by Crippen LogP contribution is 2.31. The number of amides is 3. The molecule has 0 radical (unpaired) electrons. The first-order chi connectivity index (χ1) is 12.5. The zero-order valence-electron chi connectivity index (χ0n) is 15.3. The van der Waals surface area contributed by atoms with Crippen molar-refractivity contribution in [1.29, 1.82) is 0 Å². The normalized spacial score (nSPS) is 16.5. The van der Waals surface area contributed by atoms with E-state index in [1.54, 1.807) is 27.7 Å². The van der Waals surface area contributed by atoms with Gasteiger partial charge in [-0.2, -0.15) is 5.10 Å². The molecule has 1 fully saturated rings. The lowest BCUT2D eigenvalue weighted by Gasteiger charge is -2.25. The van der Waals surface area contributed by atoms with Gasteiger partial charge in [-0.1, -0.05) is 30.3 Å². The van der Waals surface area contributed by atoms with Gasteiger partial charge < -0.3 is 15.1 Å². The quantitative estimate of drug-likeness (QED) is 0.891. The van der Waals surface area contributed by atoms with Crippen molar-refractivity contribution in [2.45, 2.75) is 25.4 Å². The van der Waals surface area contributed by atoms with Gasteiger partial charge in [0.25, 0.3) is 0 Å². The zero-order chi connectivity index (χ0) is 18.5. The molecule has 1 aliphatic heterocycles. The lowest BCUT2D eigenvalue weighted by atomic mass is 10.1. The highest BCUT2D eigenvalue weighted by molar-refractivity contribution is 5.84. The predicted octanol–water partition coefficient (Wildman–Crippen LogP) is 1.93. The van der Waals surface area contributed by atoms with Crippen molar-refractivity contribution in [3.63, 3.8) is 0 Å². The van der Waals surface area contributed by atoms with E-state index in [0.29, 0.717) is 13.1 Å². The van der Waals surface area contributed by atoms with Crippen LogP contribution in [0.15, 0.2) is 42.7 Å². The van der Waals surface area contributed by atoms with E-state index in [-0.39, 0.29) is 24.5 Å². The second-order valence-corrected chi connectivity index (χ2v) is 6.69. The molecule has 1 aromatic carbocycles. The Balaban J connectivity index is 1.52. The first-order valence-corrected chi connectivity index (χ1v) is 8.85. The van der Waals surface area contributed by atoms with E-state index < -0.39 is 0 Å². The number of likely N-dealkylation sites (N-methyl/N-ethyl adjacent to an activating group) is 1. The summed E-state index contributed by atoms with van der Waals surface area (Å²) in [6, 6.07) is 9.62. The van der Waals surface area contributed by atoms with E-state index >= 15 is 0 Å². The van der Waals surface area contributed by atoms with E-state index in [0.717, 1.165) is 24.0 Å². The number of nitrogens with zero attached hydrogens (tertiary/aromatic N) is 4. The fraction of sp³-hybridized carbons (Fsp3) is 0.421. The van der Waals surface area contributed by atoms with Crippen LogP contribution in [-0.2, 0) is 18.4 Å². The van der Waals surface area contributed by atoms with Crippen LogP contribution in [-0.4, -0.2) is 51.7 Å². The molecule has 0 saturated carbocycles. The summed E-state index contributed by atoms with van der Waals surface area (Å²) in [5.41, 5.74) is 2.10. The lowest BCUT2D eigenvalue weighted by Crippen LogP contribution is -2.44. The van der Waals surface area contributed by atoms with Gasteiger partial charge in [-0.3, -0.25) is 9.48 Å². The number of nitrogens with one attached hydrogen (secondary N) is 1. The predicted molar refractivity (Wildman–Crippen MR) is 98.2 cm³/mol. The molecule has 2 heterocycles. The van der Waals surface area contributed by atoms with Crippen LogP contribution in [0.4, 0.5) is 4.79 Å². The van der Waals surface area contributed by atoms with Crippen LogP contribution in [0.25, 0.3) is 0 Å². The van der Waals surface area contributed by atoms with Gasteiger partial charge in [0.05, 0.1) is 18.8 Å². The number of hydrogen-bond donors (Lipinski definition) is 1. The molecule has 0 spiro atoms. The van der Waals surface area contributed by atoms with Gasteiger partial charge in [-0.25, -0.2) is 4.79 Å². The molecule has 2 aromatic rings. The second-order valence-electron chi connectivity index (χ2n) is 6.69. The van der Waals surface area contributed by atoms with Crippen LogP contribution in [0.1, 0.15) is 30.0 Å². The molecule has 3 rings (SSSR count). The Kier molecular flexibility index (Phi) is 5.55. The fourth-order valence-corrected chi connectivity index (χ4v) is 3.30. The smallest absolute Gasteiger partial charge is 0.318 e. The maximum absolute atomic E-state index is 12.5. The summed E-state index contributed by atoms with van der Waals surface area (Å²) in [5.74, 6) is -0.112. The van der Waals surface area contributed by atoms with Crippen LogP contribution in [0.2, 0.25) is 0 Å². The molecule has 1 N–H and O–H groups in total. The van der Waals surface area contributed by atoms with E-state index in [4.69, 9.17) is 0 Å². The van der Waals surface area contributed by atoms with Crippen LogP contribution >= 0.6 is 0 Å². The van der Waals surface area contributed by atoms with Gasteiger partial charge in [-0.15, -0.1) is 0 Å². The summed E-state index contributed by atoms with van der Waals surface area (Å²) in [6.45, 7) is 1.22. The van der Waals surface area contributed by atoms with Gasteiger partial charge >= 0.3 is 6.03 Å². The molecular formula is C19H25N5O2. The van der Waals surface area contributed by atoms with Crippen molar-refractivity contribution in [3.8, 4) is 0 Å². The number of carbonyl (C=O) groups is 2. The number of rotatable bonds is 5. The van der Waals surface area contributed by atoms with Crippen molar-refractivity contribution in [1.82, 2.24) is 24.9 Å². The van der Waals surface area contributed by atoms with Crippen molar-refractivity contribution < 1.29 is 9.59 Å². The van der Waals surface area contributed by atoms with Crippen LogP contribution < -0.4 is 5.32 Å². The zero-order valence-corrected chi connectivity index (χ0v) is 15.3. The Morgan fingerprint density at radius 3 is 2.77 bits per heavy atom. The molecule has 3 amide bonds. The molecular weight excluding hydrogens is 330 g/mol. The summed E-state index contributed by atoms with van der Waals surface area (Å²) < 4.78 is 1.74. The molecule has 1 aromatic heterocycles. The molecule has 1 aliphatic rings. The van der Waals surface area contributed by atoms with E-state index in [9.17, 15) is 9.59 Å². The van der Waals surface area contributed by atoms with Crippen molar-refractivity contribution in [3.05, 3.63) is 53.9 Å². The van der Waals surface area contributed by atoms with E-state index in [1.165, 1.54) is 0 Å². The Labute approximate surface area is 153 Å². The number of hydrogen-bond acceptors (Lipinski definition) is 3. The first-order valence-electron chi connectivity index (χ1n) is 8.85. The summed E-state index contributed by atoms with van der Waals surface area (Å²) in [6.07, 6.45) is 5.61. The maximum atomic E-state index is 12.5. The van der Waals surface area contributed by atoms with E-state index in [2.05, 4.69) is 10.4 Å². The number of aromatic nitrogens is 2. The monoisotopic (exact) mass is 355 g/mol. The number of likely N-dealkylation sites (tertiary alicyclic amines) is 1. The molecule has 0 bridgehead atoms. The summed E-state index contributed by atoms with van der Waals surface area (Å²) in [7, 11) is 3.61. The Hall–Kier alpha value is -2.83. The highest BCUT2D eigenvalue weighted by Gasteiger charge is 2.31. The van der Waals surface area contributed by atoms with E-state index in [1.807, 2.05) is 43.6 Å². The van der Waals surface area contributed by atoms with Crippen molar-refractivity contribution in [2.24, 2.45) is 7.05 Å². The standard InChI is InChI=1S/C19H25N5O2/c1-22(13-15-7-4-3-5-8-15)18(25)12-20-19(26)24-10-6-9-17(24)16-11-21-23(2)14-16/h3-5,7-8,11,14,17H,6,9-10,12-13H2,1-2H3,(H,20,26). The molecule has 1 saturated heterocycles. The Bertz CT molecular complexity index is 758. The summed E-state index contributed by atoms with van der Waals surface area (Å²) in [5, 5.41) is 6.96. The van der Waals surface area contributed by atoms with Gasteiger partial charge in [0.15, 0.2) is 0 Å². The maximum Gasteiger partial charge on any atom is 0.318 e. The molecule has 26 heavy (non-hydrogen) atoms. The van der Waals surface area contributed by atoms with Gasteiger partial charge in [-0.05, 0) is 18.4 Å². The minimum absolute atomic E-state index is 0.00156. The molecule has 7 nitrogen and oxygen atoms in total. The van der Waals surface area contributed by atoms with Crippen molar-refractivity contribution >= 4 is 11.9 Å². The van der Waals surface area contributed by atoms with Gasteiger partial charge in [0, 0.05) is 38.9 Å². The minimum atomic E-state index is -0.196. The van der Waals surface area contributed by atoms with Gasteiger partial charge in [0.2, 0.25) is 5.91 Å². The third-order valence-corrected chi connectivity index (χ3v) is 4.70. The van der Waals surface area contributed by atoms with Gasteiger partial charge in [0.1, 0.15) is 0 Å². The summed E-state index contributed by atoms with van der Waals surface area (Å²) >= 11 is 0. The molecule has 7 heteroatoms. The lowest BCUT2D eigenvalue weighted by molar-refractivity contribution is -0.129. The second kappa shape index (κ2) is 8.03. The van der Waals surface area contributed by atoms with Crippen LogP contribution in [0, 0.1) is 0 Å². The topological polar surface area (TPSA) is 70.5 Å². The fourth-order valence-electron chi connectivity index (χ4n) is 3.30. The van der Waals surface area contributed by atoms with Crippen LogP contribution in [0.3, 0.4) is 0 Å². The van der Waals surface area contributed by atoms with Crippen LogP contribution in [0.5, 0.6) is 0 Å². The third kappa shape index (κ3) is 4.22. The largest absolute Gasteiger partial charge is 0.340 e.